The second kappa shape index (κ2) is 7.61. The fraction of sp³-hybridized carbons (Fsp3) is 0.188. The van der Waals surface area contributed by atoms with Gasteiger partial charge in [0.1, 0.15) is 5.82 Å². The standard InChI is InChI=1S/C16H15BrFNOS/c1-11-8-13(17)4-7-15(11)21-10-16(20)19-9-12-2-5-14(18)6-3-12/h2-8H,9-10H2,1H3,(H,19,20). The summed E-state index contributed by atoms with van der Waals surface area (Å²) in [6, 6.07) is 12.1. The number of benzene rings is 2. The maximum atomic E-state index is 12.8. The molecule has 0 saturated carbocycles. The van der Waals surface area contributed by atoms with Gasteiger partial charge in [0.2, 0.25) is 5.91 Å². The van der Waals surface area contributed by atoms with E-state index in [-0.39, 0.29) is 11.7 Å². The van der Waals surface area contributed by atoms with Crippen molar-refractivity contribution < 1.29 is 9.18 Å². The Kier molecular flexibility index (Phi) is 5.82. The molecule has 0 aliphatic carbocycles. The largest absolute Gasteiger partial charge is 0.351 e. The normalized spacial score (nSPS) is 10.4. The van der Waals surface area contributed by atoms with E-state index in [0.717, 1.165) is 20.5 Å². The van der Waals surface area contributed by atoms with E-state index in [4.69, 9.17) is 0 Å². The van der Waals surface area contributed by atoms with Crippen LogP contribution < -0.4 is 5.32 Å². The van der Waals surface area contributed by atoms with Crippen LogP contribution in [-0.2, 0) is 11.3 Å². The van der Waals surface area contributed by atoms with Gasteiger partial charge in [-0.05, 0) is 48.4 Å². The van der Waals surface area contributed by atoms with Crippen LogP contribution in [-0.4, -0.2) is 11.7 Å². The Labute approximate surface area is 136 Å². The van der Waals surface area contributed by atoms with Crippen molar-refractivity contribution >= 4 is 33.6 Å². The minimum atomic E-state index is -0.272. The summed E-state index contributed by atoms with van der Waals surface area (Å²) in [6.45, 7) is 2.43. The molecule has 0 atom stereocenters. The van der Waals surface area contributed by atoms with E-state index in [1.54, 1.807) is 12.1 Å². The fourth-order valence-electron chi connectivity index (χ4n) is 1.77. The number of hydrogen-bond donors (Lipinski definition) is 1. The number of carbonyl (C=O) groups excluding carboxylic acids is 1. The predicted octanol–water partition coefficient (Wildman–Crippen LogP) is 4.31. The van der Waals surface area contributed by atoms with Crippen LogP contribution in [0.4, 0.5) is 4.39 Å². The first-order valence-electron chi connectivity index (χ1n) is 6.44. The van der Waals surface area contributed by atoms with Crippen LogP contribution in [0.2, 0.25) is 0 Å². The molecule has 0 saturated heterocycles. The lowest BCUT2D eigenvalue weighted by Crippen LogP contribution is -2.24. The average molecular weight is 368 g/mol. The second-order valence-corrected chi connectivity index (χ2v) is 6.53. The second-order valence-electron chi connectivity index (χ2n) is 4.60. The SMILES string of the molecule is Cc1cc(Br)ccc1SCC(=O)NCc1ccc(F)cc1. The van der Waals surface area contributed by atoms with Crippen molar-refractivity contribution in [3.63, 3.8) is 0 Å². The van der Waals surface area contributed by atoms with Crippen LogP contribution in [0, 0.1) is 12.7 Å². The number of thioether (sulfide) groups is 1. The molecule has 1 N–H and O–H groups in total. The molecule has 0 aliphatic heterocycles. The van der Waals surface area contributed by atoms with Crippen LogP contribution in [0.1, 0.15) is 11.1 Å². The first-order chi connectivity index (χ1) is 10.0. The third kappa shape index (κ3) is 5.17. The van der Waals surface area contributed by atoms with Crippen LogP contribution in [0.25, 0.3) is 0 Å². The fourth-order valence-corrected chi connectivity index (χ4v) is 3.09. The van der Waals surface area contributed by atoms with E-state index >= 15 is 0 Å². The minimum Gasteiger partial charge on any atom is -0.351 e. The molecule has 0 radical (unpaired) electrons. The zero-order valence-corrected chi connectivity index (χ0v) is 13.9. The number of nitrogens with one attached hydrogen (secondary N) is 1. The van der Waals surface area contributed by atoms with Gasteiger partial charge in [-0.3, -0.25) is 4.79 Å². The maximum absolute atomic E-state index is 12.8. The Morgan fingerprint density at radius 2 is 1.95 bits per heavy atom. The molecular formula is C16H15BrFNOS. The molecule has 0 unspecified atom stereocenters. The summed E-state index contributed by atoms with van der Waals surface area (Å²) in [5, 5.41) is 2.83. The van der Waals surface area contributed by atoms with E-state index in [1.165, 1.54) is 23.9 Å². The minimum absolute atomic E-state index is 0.0355. The number of amides is 1. The lowest BCUT2D eigenvalue weighted by atomic mass is 10.2. The molecule has 0 heterocycles. The molecule has 0 aliphatic rings. The molecule has 21 heavy (non-hydrogen) atoms. The van der Waals surface area contributed by atoms with Crippen LogP contribution in [0.5, 0.6) is 0 Å². The van der Waals surface area contributed by atoms with Crippen molar-refractivity contribution in [2.45, 2.75) is 18.4 Å². The zero-order valence-electron chi connectivity index (χ0n) is 11.5. The summed E-state index contributed by atoms with van der Waals surface area (Å²) in [7, 11) is 0. The summed E-state index contributed by atoms with van der Waals surface area (Å²) in [5.41, 5.74) is 2.02. The van der Waals surface area contributed by atoms with Crippen LogP contribution in [0.15, 0.2) is 51.8 Å². The molecule has 5 heteroatoms. The van der Waals surface area contributed by atoms with Gasteiger partial charge in [-0.25, -0.2) is 4.39 Å². The Balaban J connectivity index is 1.80. The van der Waals surface area contributed by atoms with E-state index < -0.39 is 0 Å². The van der Waals surface area contributed by atoms with E-state index in [0.29, 0.717) is 12.3 Å². The first-order valence-corrected chi connectivity index (χ1v) is 8.22. The molecule has 2 rings (SSSR count). The molecule has 0 fully saturated rings. The number of carbonyl (C=O) groups is 1. The molecule has 110 valence electrons. The zero-order chi connectivity index (χ0) is 15.2. The van der Waals surface area contributed by atoms with Gasteiger partial charge < -0.3 is 5.32 Å². The molecule has 1 amide bonds. The Bertz CT molecular complexity index is 631. The topological polar surface area (TPSA) is 29.1 Å². The highest BCUT2D eigenvalue weighted by molar-refractivity contribution is 9.10. The lowest BCUT2D eigenvalue weighted by molar-refractivity contribution is -0.118. The summed E-state index contributed by atoms with van der Waals surface area (Å²) in [5.74, 6) is 0.0573. The van der Waals surface area contributed by atoms with E-state index in [2.05, 4.69) is 21.2 Å². The molecule has 0 aromatic heterocycles. The highest BCUT2D eigenvalue weighted by atomic mass is 79.9. The number of aryl methyl sites for hydroxylation is 1. The summed E-state index contributed by atoms with van der Waals surface area (Å²) in [4.78, 5) is 12.9. The van der Waals surface area contributed by atoms with Crippen molar-refractivity contribution in [1.29, 1.82) is 0 Å². The Morgan fingerprint density at radius 1 is 1.24 bits per heavy atom. The lowest BCUT2D eigenvalue weighted by Gasteiger charge is -2.07. The molecular weight excluding hydrogens is 353 g/mol. The van der Waals surface area contributed by atoms with Gasteiger partial charge in [-0.2, -0.15) is 0 Å². The van der Waals surface area contributed by atoms with E-state index in [9.17, 15) is 9.18 Å². The van der Waals surface area contributed by atoms with Gasteiger partial charge in [0, 0.05) is 15.9 Å². The summed E-state index contributed by atoms with van der Waals surface area (Å²) < 4.78 is 13.8. The Hall–Kier alpha value is -1.33. The quantitative estimate of drug-likeness (QED) is 0.797. The van der Waals surface area contributed by atoms with Crippen molar-refractivity contribution in [1.82, 2.24) is 5.32 Å². The maximum Gasteiger partial charge on any atom is 0.230 e. The number of rotatable bonds is 5. The van der Waals surface area contributed by atoms with Crippen molar-refractivity contribution in [3.05, 3.63) is 63.9 Å². The van der Waals surface area contributed by atoms with Crippen molar-refractivity contribution in [2.24, 2.45) is 0 Å². The predicted molar refractivity (Wildman–Crippen MR) is 87.8 cm³/mol. The van der Waals surface area contributed by atoms with E-state index in [1.807, 2.05) is 25.1 Å². The molecule has 0 bridgehead atoms. The van der Waals surface area contributed by atoms with Crippen LogP contribution in [0.3, 0.4) is 0 Å². The van der Waals surface area contributed by atoms with Gasteiger partial charge >= 0.3 is 0 Å². The third-order valence-corrected chi connectivity index (χ3v) is 4.57. The smallest absolute Gasteiger partial charge is 0.230 e. The molecule has 2 nitrogen and oxygen atoms in total. The first kappa shape index (κ1) is 16.0. The monoisotopic (exact) mass is 367 g/mol. The Morgan fingerprint density at radius 3 is 2.62 bits per heavy atom. The van der Waals surface area contributed by atoms with Gasteiger partial charge in [-0.15, -0.1) is 11.8 Å². The van der Waals surface area contributed by atoms with Gasteiger partial charge in [0.25, 0.3) is 0 Å². The highest BCUT2D eigenvalue weighted by Gasteiger charge is 2.05. The van der Waals surface area contributed by atoms with Gasteiger partial charge in [-0.1, -0.05) is 28.1 Å². The van der Waals surface area contributed by atoms with Gasteiger partial charge in [0.15, 0.2) is 0 Å². The molecule has 2 aromatic rings. The highest BCUT2D eigenvalue weighted by Crippen LogP contribution is 2.25. The van der Waals surface area contributed by atoms with Crippen molar-refractivity contribution in [2.75, 3.05) is 5.75 Å². The van der Waals surface area contributed by atoms with Crippen molar-refractivity contribution in [3.8, 4) is 0 Å². The third-order valence-electron chi connectivity index (χ3n) is 2.90. The summed E-state index contributed by atoms with van der Waals surface area (Å²) >= 11 is 4.93. The van der Waals surface area contributed by atoms with Crippen LogP contribution >= 0.6 is 27.7 Å². The average Bonchev–Trinajstić information content (AvgIpc) is 2.46. The summed E-state index contributed by atoms with van der Waals surface area (Å²) in [6.07, 6.45) is 0. The number of halogens is 2. The van der Waals surface area contributed by atoms with Gasteiger partial charge in [0.05, 0.1) is 5.75 Å². The molecule has 2 aromatic carbocycles. The number of hydrogen-bond acceptors (Lipinski definition) is 2. The molecule has 0 spiro atoms.